The molecular formula is C14H15F2NO3S. The Morgan fingerprint density at radius 3 is 2.29 bits per heavy atom. The summed E-state index contributed by atoms with van der Waals surface area (Å²) in [7, 11) is 0. The molecule has 1 aliphatic heterocycles. The van der Waals surface area contributed by atoms with Crippen LogP contribution in [0.2, 0.25) is 0 Å². The highest BCUT2D eigenvalue weighted by Crippen LogP contribution is 2.32. The topological polar surface area (TPSA) is 66.4 Å². The van der Waals surface area contributed by atoms with E-state index in [4.69, 9.17) is 0 Å². The number of carboxylic acid groups (broad SMARTS) is 1. The molecular weight excluding hydrogens is 300 g/mol. The van der Waals surface area contributed by atoms with Gasteiger partial charge in [-0.1, -0.05) is 30.3 Å². The van der Waals surface area contributed by atoms with E-state index in [-0.39, 0.29) is 12.8 Å². The number of nitrogens with one attached hydrogen (secondary N) is 1. The summed E-state index contributed by atoms with van der Waals surface area (Å²) in [6.07, 6.45) is 0.285. The number of hydrogen-bond acceptors (Lipinski definition) is 3. The summed E-state index contributed by atoms with van der Waals surface area (Å²) in [5.41, 5.74) is -2.05. The minimum Gasteiger partial charge on any atom is -0.480 e. The maximum Gasteiger partial charge on any atom is 0.349 e. The molecule has 7 heteroatoms. The Morgan fingerprint density at radius 2 is 1.76 bits per heavy atom. The Morgan fingerprint density at radius 1 is 1.19 bits per heavy atom. The molecule has 2 N–H and O–H groups in total. The van der Waals surface area contributed by atoms with Crippen LogP contribution in [0.1, 0.15) is 18.4 Å². The van der Waals surface area contributed by atoms with Crippen LogP contribution in [0.25, 0.3) is 0 Å². The number of halogens is 2. The zero-order valence-electron chi connectivity index (χ0n) is 11.1. The van der Waals surface area contributed by atoms with E-state index in [0.717, 1.165) is 12.1 Å². The van der Waals surface area contributed by atoms with Crippen LogP contribution in [-0.4, -0.2) is 34.0 Å². The van der Waals surface area contributed by atoms with Crippen LogP contribution < -0.4 is 5.32 Å². The van der Waals surface area contributed by atoms with Crippen molar-refractivity contribution in [3.63, 3.8) is 0 Å². The van der Waals surface area contributed by atoms with Crippen LogP contribution in [0.15, 0.2) is 30.3 Å². The quantitative estimate of drug-likeness (QED) is 0.894. The molecule has 1 saturated heterocycles. The Hall–Kier alpha value is -1.63. The lowest BCUT2D eigenvalue weighted by Gasteiger charge is -2.34. The van der Waals surface area contributed by atoms with Crippen LogP contribution in [0, 0.1) is 0 Å². The Kier molecular flexibility index (Phi) is 4.51. The molecule has 1 aliphatic rings. The third-order valence-corrected chi connectivity index (χ3v) is 4.52. The van der Waals surface area contributed by atoms with E-state index in [0.29, 0.717) is 11.5 Å². The highest BCUT2D eigenvalue weighted by atomic mass is 32.2. The lowest BCUT2D eigenvalue weighted by molar-refractivity contribution is -0.157. The van der Waals surface area contributed by atoms with Crippen molar-refractivity contribution in [2.45, 2.75) is 24.3 Å². The zero-order chi connectivity index (χ0) is 15.5. The van der Waals surface area contributed by atoms with Crippen molar-refractivity contribution in [2.24, 2.45) is 0 Å². The van der Waals surface area contributed by atoms with Crippen molar-refractivity contribution in [3.8, 4) is 0 Å². The summed E-state index contributed by atoms with van der Waals surface area (Å²) < 4.78 is 28.3. The summed E-state index contributed by atoms with van der Waals surface area (Å²) in [5.74, 6) is -5.55. The largest absolute Gasteiger partial charge is 0.480 e. The number of aliphatic carboxylic acids is 1. The first-order chi connectivity index (χ1) is 9.88. The number of carbonyl (C=O) groups is 2. The van der Waals surface area contributed by atoms with E-state index >= 15 is 0 Å². The summed E-state index contributed by atoms with van der Waals surface area (Å²) in [4.78, 5) is 23.3. The SMILES string of the molecule is O=C(O)C1(NC(=O)C(F)(F)c2ccccc2)CCSCC1. The van der Waals surface area contributed by atoms with Gasteiger partial charge in [-0.05, 0) is 24.3 Å². The Balaban J connectivity index is 2.21. The zero-order valence-corrected chi connectivity index (χ0v) is 12.0. The van der Waals surface area contributed by atoms with Gasteiger partial charge in [0.1, 0.15) is 5.54 Å². The highest BCUT2D eigenvalue weighted by Gasteiger charge is 2.48. The van der Waals surface area contributed by atoms with Crippen molar-refractivity contribution >= 4 is 23.6 Å². The van der Waals surface area contributed by atoms with Crippen LogP contribution in [-0.2, 0) is 15.5 Å². The lowest BCUT2D eigenvalue weighted by Crippen LogP contribution is -2.59. The molecule has 1 aromatic carbocycles. The monoisotopic (exact) mass is 315 g/mol. The fourth-order valence-electron chi connectivity index (χ4n) is 2.19. The molecule has 0 aromatic heterocycles. The van der Waals surface area contributed by atoms with Crippen molar-refractivity contribution in [3.05, 3.63) is 35.9 Å². The van der Waals surface area contributed by atoms with Crippen molar-refractivity contribution in [1.29, 1.82) is 0 Å². The van der Waals surface area contributed by atoms with Gasteiger partial charge in [0.2, 0.25) is 0 Å². The molecule has 114 valence electrons. The predicted molar refractivity (Wildman–Crippen MR) is 75.4 cm³/mol. The third-order valence-electron chi connectivity index (χ3n) is 3.53. The van der Waals surface area contributed by atoms with E-state index in [9.17, 15) is 23.5 Å². The standard InChI is InChI=1S/C14H15F2NO3S/c15-14(16,10-4-2-1-3-5-10)11(18)17-13(12(19)20)6-8-21-9-7-13/h1-5H,6-9H2,(H,17,18)(H,19,20). The number of amides is 1. The van der Waals surface area contributed by atoms with Crippen LogP contribution >= 0.6 is 11.8 Å². The molecule has 0 atom stereocenters. The Labute approximate surface area is 124 Å². The van der Waals surface area contributed by atoms with Gasteiger partial charge in [-0.15, -0.1) is 0 Å². The van der Waals surface area contributed by atoms with E-state index < -0.39 is 28.9 Å². The first-order valence-corrected chi connectivity index (χ1v) is 7.61. The number of hydrogen-bond donors (Lipinski definition) is 2. The average Bonchev–Trinajstić information content (AvgIpc) is 2.49. The third kappa shape index (κ3) is 3.18. The number of carbonyl (C=O) groups excluding carboxylic acids is 1. The van der Waals surface area contributed by atoms with Crippen molar-refractivity contribution < 1.29 is 23.5 Å². The van der Waals surface area contributed by atoms with Gasteiger partial charge >= 0.3 is 11.9 Å². The second kappa shape index (κ2) is 6.01. The fraction of sp³-hybridized carbons (Fsp3) is 0.429. The number of benzene rings is 1. The normalized spacial score (nSPS) is 18.0. The van der Waals surface area contributed by atoms with Crippen LogP contribution in [0.3, 0.4) is 0 Å². The number of rotatable bonds is 4. The second-order valence-corrected chi connectivity index (χ2v) is 6.12. The molecule has 0 radical (unpaired) electrons. The van der Waals surface area contributed by atoms with Gasteiger partial charge in [-0.25, -0.2) is 4.79 Å². The summed E-state index contributed by atoms with van der Waals surface area (Å²) >= 11 is 1.54. The first-order valence-electron chi connectivity index (χ1n) is 6.45. The molecule has 0 bridgehead atoms. The molecule has 0 aliphatic carbocycles. The lowest BCUT2D eigenvalue weighted by atomic mass is 9.91. The van der Waals surface area contributed by atoms with Gasteiger partial charge in [-0.2, -0.15) is 20.5 Å². The molecule has 1 fully saturated rings. The van der Waals surface area contributed by atoms with Gasteiger partial charge in [0.25, 0.3) is 5.91 Å². The van der Waals surface area contributed by atoms with Crippen molar-refractivity contribution in [1.82, 2.24) is 5.32 Å². The van der Waals surface area contributed by atoms with Gasteiger partial charge in [0.15, 0.2) is 0 Å². The van der Waals surface area contributed by atoms with E-state index in [1.807, 2.05) is 0 Å². The van der Waals surface area contributed by atoms with E-state index in [1.165, 1.54) is 12.1 Å². The molecule has 2 rings (SSSR count). The summed E-state index contributed by atoms with van der Waals surface area (Å²) in [5, 5.41) is 11.4. The molecule has 4 nitrogen and oxygen atoms in total. The average molecular weight is 315 g/mol. The van der Waals surface area contributed by atoms with Crippen molar-refractivity contribution in [2.75, 3.05) is 11.5 Å². The summed E-state index contributed by atoms with van der Waals surface area (Å²) in [6, 6.07) is 6.66. The highest BCUT2D eigenvalue weighted by molar-refractivity contribution is 7.99. The molecule has 0 spiro atoms. The molecule has 21 heavy (non-hydrogen) atoms. The minimum absolute atomic E-state index is 0.142. The van der Waals surface area contributed by atoms with E-state index in [1.54, 1.807) is 17.8 Å². The van der Waals surface area contributed by atoms with E-state index in [2.05, 4.69) is 5.32 Å². The van der Waals surface area contributed by atoms with Crippen LogP contribution in [0.5, 0.6) is 0 Å². The number of carboxylic acids is 1. The number of alkyl halides is 2. The number of thioether (sulfide) groups is 1. The molecule has 0 unspecified atom stereocenters. The second-order valence-electron chi connectivity index (χ2n) is 4.89. The Bertz CT molecular complexity index is 530. The maximum atomic E-state index is 14.1. The fourth-order valence-corrected chi connectivity index (χ4v) is 3.38. The molecule has 0 saturated carbocycles. The van der Waals surface area contributed by atoms with Gasteiger partial charge in [0.05, 0.1) is 0 Å². The predicted octanol–water partition coefficient (Wildman–Crippen LogP) is 2.25. The molecule has 1 heterocycles. The minimum atomic E-state index is -3.76. The van der Waals surface area contributed by atoms with Gasteiger partial charge < -0.3 is 10.4 Å². The van der Waals surface area contributed by atoms with Crippen LogP contribution in [0.4, 0.5) is 8.78 Å². The smallest absolute Gasteiger partial charge is 0.349 e. The molecule has 1 aromatic rings. The molecule has 1 amide bonds. The van der Waals surface area contributed by atoms with Gasteiger partial charge in [0, 0.05) is 5.56 Å². The maximum absolute atomic E-state index is 14.1. The summed E-state index contributed by atoms with van der Waals surface area (Å²) in [6.45, 7) is 0. The first kappa shape index (κ1) is 15.8. The van der Waals surface area contributed by atoms with Gasteiger partial charge in [-0.3, -0.25) is 4.79 Å².